The highest BCUT2D eigenvalue weighted by Gasteiger charge is 2.33. The van der Waals surface area contributed by atoms with Gasteiger partial charge in [0.05, 0.1) is 22.1 Å². The van der Waals surface area contributed by atoms with Crippen LogP contribution in [0, 0.1) is 6.92 Å². The van der Waals surface area contributed by atoms with Crippen LogP contribution in [0.4, 0.5) is 5.82 Å². The van der Waals surface area contributed by atoms with E-state index < -0.39 is 5.69 Å². The molecule has 0 radical (unpaired) electrons. The van der Waals surface area contributed by atoms with Crippen LogP contribution in [-0.4, -0.2) is 55.6 Å². The monoisotopic (exact) mass is 586 g/mol. The number of aromatic nitrogens is 4. The van der Waals surface area contributed by atoms with Crippen LogP contribution in [0.2, 0.25) is 5.02 Å². The first-order valence-corrected chi connectivity index (χ1v) is 14.3. The molecule has 4 aromatic rings. The van der Waals surface area contributed by atoms with Crippen molar-refractivity contribution >= 4 is 34.2 Å². The van der Waals surface area contributed by atoms with Crippen LogP contribution >= 0.6 is 11.6 Å². The van der Waals surface area contributed by atoms with Gasteiger partial charge < -0.3 is 14.5 Å². The number of ether oxygens (including phenoxy) is 1. The Labute approximate surface area is 247 Å². The average molecular weight is 587 g/mol. The zero-order chi connectivity index (χ0) is 29.9. The van der Waals surface area contributed by atoms with Crippen molar-refractivity contribution < 1.29 is 9.53 Å². The topological polar surface area (TPSA) is 103 Å². The Kier molecular flexibility index (Phi) is 6.89. The highest BCUT2D eigenvalue weighted by Crippen LogP contribution is 2.44. The molecule has 1 fully saturated rings. The molecule has 1 amide bonds. The normalized spacial score (nSPS) is 16.3. The SMILES string of the molecule is C=CC(=O)N1CCN(c2nc(=O)n(-c3c(C)ccnc3C(C)C)c3c4c(c(Cl)cc23)-n2c(cccc2=O)CO4)[C@@H](C)C1. The summed E-state index contributed by atoms with van der Waals surface area (Å²) in [6.45, 7) is 13.0. The molecule has 1 aromatic carbocycles. The number of rotatable bonds is 4. The van der Waals surface area contributed by atoms with Crippen molar-refractivity contribution in [2.24, 2.45) is 0 Å². The van der Waals surface area contributed by atoms with E-state index in [2.05, 4.69) is 16.5 Å². The summed E-state index contributed by atoms with van der Waals surface area (Å²) in [5, 5.41) is 0.888. The molecule has 11 heteroatoms. The number of halogens is 1. The van der Waals surface area contributed by atoms with E-state index in [-0.39, 0.29) is 30.0 Å². The Hall–Kier alpha value is -4.44. The lowest BCUT2D eigenvalue weighted by Crippen LogP contribution is -2.54. The summed E-state index contributed by atoms with van der Waals surface area (Å²) in [4.78, 5) is 52.7. The molecule has 5 heterocycles. The van der Waals surface area contributed by atoms with E-state index in [1.54, 1.807) is 27.8 Å². The molecule has 0 unspecified atom stereocenters. The number of hydrogen-bond acceptors (Lipinski definition) is 7. The maximum Gasteiger partial charge on any atom is 0.354 e. The van der Waals surface area contributed by atoms with Gasteiger partial charge in [-0.05, 0) is 49.6 Å². The number of aryl methyl sites for hydroxylation is 1. The van der Waals surface area contributed by atoms with Crippen LogP contribution < -0.4 is 20.9 Å². The second-order valence-corrected chi connectivity index (χ2v) is 11.4. The maximum atomic E-state index is 14.2. The average Bonchev–Trinajstić information content (AvgIpc) is 2.97. The third-order valence-electron chi connectivity index (χ3n) is 7.97. The molecule has 0 saturated carbocycles. The molecule has 0 N–H and O–H groups in total. The van der Waals surface area contributed by atoms with E-state index >= 15 is 0 Å². The molecule has 0 spiro atoms. The molecule has 6 rings (SSSR count). The minimum atomic E-state index is -0.508. The number of fused-ring (bicyclic) bond motifs is 5. The molecular formula is C31H31ClN6O4. The number of carbonyl (C=O) groups excluding carboxylic acids is 1. The van der Waals surface area contributed by atoms with Crippen molar-refractivity contribution in [3.05, 3.63) is 92.0 Å². The summed E-state index contributed by atoms with van der Waals surface area (Å²) in [5.74, 6) is 0.628. The minimum absolute atomic E-state index is 0.00409. The van der Waals surface area contributed by atoms with Crippen LogP contribution in [0.25, 0.3) is 22.3 Å². The standard InChI is InChI=1S/C31H31ClN6O4/c1-6-23(39)35-12-13-36(19(5)15-35)30-21-14-22(32)28-29(42-16-20-8-7-9-24(40)37(20)28)27(21)38(31(41)34-30)26-18(4)10-11-33-25(26)17(2)3/h6-11,14,17,19H,1,12-13,15-16H2,2-5H3/t19-/m0/s1. The molecule has 216 valence electrons. The van der Waals surface area contributed by atoms with E-state index in [9.17, 15) is 14.4 Å². The lowest BCUT2D eigenvalue weighted by atomic mass is 10.0. The van der Waals surface area contributed by atoms with Crippen molar-refractivity contribution in [3.63, 3.8) is 0 Å². The fourth-order valence-electron chi connectivity index (χ4n) is 6.00. The van der Waals surface area contributed by atoms with E-state index in [0.717, 1.165) is 11.3 Å². The molecule has 3 aromatic heterocycles. The number of nitrogens with zero attached hydrogens (tertiary/aromatic N) is 6. The van der Waals surface area contributed by atoms with Crippen LogP contribution in [0.15, 0.2) is 58.8 Å². The van der Waals surface area contributed by atoms with Gasteiger partial charge in [-0.3, -0.25) is 23.7 Å². The van der Waals surface area contributed by atoms with Gasteiger partial charge in [0.25, 0.3) is 5.56 Å². The van der Waals surface area contributed by atoms with Gasteiger partial charge in [0, 0.05) is 43.3 Å². The summed E-state index contributed by atoms with van der Waals surface area (Å²) < 4.78 is 9.44. The number of piperazine rings is 1. The van der Waals surface area contributed by atoms with Gasteiger partial charge in [0.15, 0.2) is 5.75 Å². The lowest BCUT2D eigenvalue weighted by molar-refractivity contribution is -0.126. The number of benzene rings is 1. The first-order chi connectivity index (χ1) is 20.1. The molecule has 0 aliphatic carbocycles. The summed E-state index contributed by atoms with van der Waals surface area (Å²) in [6, 6.07) is 8.41. The Morgan fingerprint density at radius 1 is 1.17 bits per heavy atom. The van der Waals surface area contributed by atoms with E-state index in [4.69, 9.17) is 16.3 Å². The molecule has 42 heavy (non-hydrogen) atoms. The van der Waals surface area contributed by atoms with Crippen LogP contribution in [0.3, 0.4) is 0 Å². The first-order valence-electron chi connectivity index (χ1n) is 13.9. The summed E-state index contributed by atoms with van der Waals surface area (Å²) >= 11 is 6.95. The van der Waals surface area contributed by atoms with Crippen molar-refractivity contribution in [3.8, 4) is 17.1 Å². The lowest BCUT2D eigenvalue weighted by Gasteiger charge is -2.40. The van der Waals surface area contributed by atoms with Crippen molar-refractivity contribution in [1.29, 1.82) is 0 Å². The highest BCUT2D eigenvalue weighted by molar-refractivity contribution is 6.34. The van der Waals surface area contributed by atoms with Gasteiger partial charge in [-0.25, -0.2) is 4.79 Å². The zero-order valence-electron chi connectivity index (χ0n) is 23.9. The van der Waals surface area contributed by atoms with Gasteiger partial charge in [0.1, 0.15) is 23.6 Å². The Morgan fingerprint density at radius 3 is 2.67 bits per heavy atom. The smallest absolute Gasteiger partial charge is 0.354 e. The Balaban J connectivity index is 1.71. The van der Waals surface area contributed by atoms with Crippen LogP contribution in [-0.2, 0) is 11.4 Å². The second kappa shape index (κ2) is 10.4. The van der Waals surface area contributed by atoms with Gasteiger partial charge >= 0.3 is 5.69 Å². The number of anilines is 1. The van der Waals surface area contributed by atoms with Crippen LogP contribution in [0.1, 0.15) is 43.6 Å². The number of pyridine rings is 2. The molecule has 1 saturated heterocycles. The van der Waals surface area contributed by atoms with Crippen molar-refractivity contribution in [1.82, 2.24) is 24.0 Å². The fraction of sp³-hybridized carbons (Fsp3) is 0.323. The van der Waals surface area contributed by atoms with Crippen molar-refractivity contribution in [2.45, 2.75) is 46.3 Å². The van der Waals surface area contributed by atoms with Crippen molar-refractivity contribution in [2.75, 3.05) is 24.5 Å². The number of hydrogen-bond donors (Lipinski definition) is 0. The number of carbonyl (C=O) groups is 1. The summed E-state index contributed by atoms with van der Waals surface area (Å²) in [7, 11) is 0. The van der Waals surface area contributed by atoms with E-state index in [1.165, 1.54) is 16.7 Å². The Morgan fingerprint density at radius 2 is 1.95 bits per heavy atom. The van der Waals surface area contributed by atoms with Gasteiger partial charge in [-0.1, -0.05) is 38.1 Å². The quantitative estimate of drug-likeness (QED) is 0.331. The minimum Gasteiger partial charge on any atom is -0.483 e. The fourth-order valence-corrected chi connectivity index (χ4v) is 6.28. The second-order valence-electron chi connectivity index (χ2n) is 11.0. The van der Waals surface area contributed by atoms with Gasteiger partial charge in [-0.2, -0.15) is 4.98 Å². The van der Waals surface area contributed by atoms with Gasteiger partial charge in [-0.15, -0.1) is 0 Å². The molecule has 2 aliphatic rings. The predicted octanol–water partition coefficient (Wildman–Crippen LogP) is 4.13. The van der Waals surface area contributed by atoms with E-state index in [1.807, 2.05) is 44.7 Å². The maximum absolute atomic E-state index is 14.2. The molecule has 0 bridgehead atoms. The summed E-state index contributed by atoms with van der Waals surface area (Å²) in [5.41, 5.74) is 2.92. The molecule has 1 atom stereocenters. The third-order valence-corrected chi connectivity index (χ3v) is 8.26. The first kappa shape index (κ1) is 27.7. The van der Waals surface area contributed by atoms with E-state index in [0.29, 0.717) is 64.2 Å². The predicted molar refractivity (Wildman–Crippen MR) is 162 cm³/mol. The Bertz CT molecular complexity index is 1900. The highest BCUT2D eigenvalue weighted by atomic mass is 35.5. The third kappa shape index (κ3) is 4.28. The summed E-state index contributed by atoms with van der Waals surface area (Å²) in [6.07, 6.45) is 3.04. The largest absolute Gasteiger partial charge is 0.483 e. The van der Waals surface area contributed by atoms with Gasteiger partial charge in [0.2, 0.25) is 5.91 Å². The molecular weight excluding hydrogens is 556 g/mol. The number of amides is 1. The molecule has 2 aliphatic heterocycles. The molecule has 10 nitrogen and oxygen atoms in total. The zero-order valence-corrected chi connectivity index (χ0v) is 24.7. The van der Waals surface area contributed by atoms with Crippen LogP contribution in [0.5, 0.6) is 5.75 Å².